The van der Waals surface area contributed by atoms with Gasteiger partial charge in [-0.2, -0.15) is 5.26 Å². The van der Waals surface area contributed by atoms with Gasteiger partial charge in [-0.25, -0.2) is 4.98 Å². The summed E-state index contributed by atoms with van der Waals surface area (Å²) in [4.78, 5) is 4.70. The van der Waals surface area contributed by atoms with Crippen LogP contribution in [0.2, 0.25) is 0 Å². The topological polar surface area (TPSA) is 53.6 Å². The Balaban J connectivity index is 1.40. The lowest BCUT2D eigenvalue weighted by Gasteiger charge is -2.35. The van der Waals surface area contributed by atoms with Crippen molar-refractivity contribution >= 4 is 0 Å². The SMILES string of the molecule is Cc1ncc2n1C(c1ccc(C#N)cc1)CCC2N[C@H](CCc1ccccc1)c1ccccc1. The van der Waals surface area contributed by atoms with E-state index in [4.69, 9.17) is 10.2 Å². The molecule has 1 aliphatic heterocycles. The first-order valence-electron chi connectivity index (χ1n) is 12.1. The van der Waals surface area contributed by atoms with Crippen LogP contribution in [-0.2, 0) is 6.42 Å². The van der Waals surface area contributed by atoms with Gasteiger partial charge in [0.25, 0.3) is 0 Å². The zero-order valence-corrected chi connectivity index (χ0v) is 19.6. The molecular formula is C30H30N4. The summed E-state index contributed by atoms with van der Waals surface area (Å²) < 4.78 is 2.39. The minimum Gasteiger partial charge on any atom is -0.323 e. The van der Waals surface area contributed by atoms with Crippen molar-refractivity contribution in [3.05, 3.63) is 125 Å². The molecule has 0 saturated carbocycles. The van der Waals surface area contributed by atoms with E-state index in [1.807, 2.05) is 18.3 Å². The number of imidazole rings is 1. The number of nitrogens with one attached hydrogen (secondary N) is 1. The summed E-state index contributed by atoms with van der Waals surface area (Å²) in [6.45, 7) is 2.09. The number of aromatic nitrogens is 2. The third-order valence-corrected chi connectivity index (χ3v) is 7.00. The smallest absolute Gasteiger partial charge is 0.106 e. The molecule has 170 valence electrons. The molecular weight excluding hydrogens is 416 g/mol. The minimum atomic E-state index is 0.247. The van der Waals surface area contributed by atoms with E-state index in [1.54, 1.807) is 0 Å². The van der Waals surface area contributed by atoms with Crippen molar-refractivity contribution in [2.24, 2.45) is 0 Å². The van der Waals surface area contributed by atoms with Crippen LogP contribution < -0.4 is 5.32 Å². The zero-order chi connectivity index (χ0) is 23.3. The van der Waals surface area contributed by atoms with E-state index >= 15 is 0 Å². The third-order valence-electron chi connectivity index (χ3n) is 7.00. The molecule has 4 aromatic rings. The fourth-order valence-corrected chi connectivity index (χ4v) is 5.23. The van der Waals surface area contributed by atoms with Gasteiger partial charge in [0.05, 0.1) is 29.6 Å². The molecule has 34 heavy (non-hydrogen) atoms. The highest BCUT2D eigenvalue weighted by Crippen LogP contribution is 2.38. The summed E-state index contributed by atoms with van der Waals surface area (Å²) in [5.41, 5.74) is 5.89. The Morgan fingerprint density at radius 1 is 0.971 bits per heavy atom. The number of hydrogen-bond donors (Lipinski definition) is 1. The number of hydrogen-bond acceptors (Lipinski definition) is 3. The second-order valence-electron chi connectivity index (χ2n) is 9.13. The molecule has 0 fully saturated rings. The van der Waals surface area contributed by atoms with Gasteiger partial charge in [0.1, 0.15) is 5.82 Å². The Kier molecular flexibility index (Phi) is 6.56. The Bertz CT molecular complexity index is 1250. The highest BCUT2D eigenvalue weighted by atomic mass is 15.2. The molecule has 0 radical (unpaired) electrons. The van der Waals surface area contributed by atoms with Crippen LogP contribution in [0.3, 0.4) is 0 Å². The van der Waals surface area contributed by atoms with Crippen LogP contribution in [0.25, 0.3) is 0 Å². The Labute approximate surface area is 201 Å². The number of rotatable bonds is 7. The van der Waals surface area contributed by atoms with Crippen LogP contribution in [0, 0.1) is 18.3 Å². The maximum absolute atomic E-state index is 9.16. The average Bonchev–Trinajstić information content (AvgIpc) is 3.30. The van der Waals surface area contributed by atoms with Gasteiger partial charge < -0.3 is 9.88 Å². The zero-order valence-electron chi connectivity index (χ0n) is 19.6. The molecule has 4 nitrogen and oxygen atoms in total. The first-order chi connectivity index (χ1) is 16.7. The number of aryl methyl sites for hydroxylation is 2. The largest absolute Gasteiger partial charge is 0.323 e. The van der Waals surface area contributed by atoms with Gasteiger partial charge in [-0.3, -0.25) is 0 Å². The van der Waals surface area contributed by atoms with E-state index in [1.165, 1.54) is 22.4 Å². The molecule has 2 unspecified atom stereocenters. The van der Waals surface area contributed by atoms with Crippen molar-refractivity contribution in [1.82, 2.24) is 14.9 Å². The summed E-state index contributed by atoms with van der Waals surface area (Å²) in [6.07, 6.45) is 6.20. The molecule has 3 aromatic carbocycles. The lowest BCUT2D eigenvalue weighted by molar-refractivity contribution is 0.322. The minimum absolute atomic E-state index is 0.247. The van der Waals surface area contributed by atoms with E-state index in [9.17, 15) is 0 Å². The summed E-state index contributed by atoms with van der Waals surface area (Å²) in [6, 6.07) is 32.5. The second-order valence-corrected chi connectivity index (χ2v) is 9.13. The van der Waals surface area contributed by atoms with E-state index in [-0.39, 0.29) is 18.1 Å². The lowest BCUT2D eigenvalue weighted by Crippen LogP contribution is -2.33. The number of fused-ring (bicyclic) bond motifs is 1. The van der Waals surface area contributed by atoms with Crippen LogP contribution in [0.4, 0.5) is 0 Å². The molecule has 3 atom stereocenters. The molecule has 1 aromatic heterocycles. The Morgan fingerprint density at radius 2 is 1.68 bits per heavy atom. The summed E-state index contributed by atoms with van der Waals surface area (Å²) in [7, 11) is 0. The molecule has 1 aliphatic rings. The normalized spacial score (nSPS) is 18.1. The van der Waals surface area contributed by atoms with Crippen molar-refractivity contribution < 1.29 is 0 Å². The Hall–Kier alpha value is -3.68. The van der Waals surface area contributed by atoms with E-state index in [0.29, 0.717) is 5.56 Å². The standard InChI is InChI=1S/C30H30N4/c1-22-32-21-30-28(18-19-29(34(22)30)26-15-12-24(20-31)13-16-26)33-27(25-10-6-3-7-11-25)17-14-23-8-4-2-5-9-23/h2-13,15-16,21,27-29,33H,14,17-19H2,1H3/t27-,28?,29?/m1/s1. The first kappa shape index (κ1) is 22.1. The fourth-order valence-electron chi connectivity index (χ4n) is 5.23. The average molecular weight is 447 g/mol. The molecule has 0 amide bonds. The van der Waals surface area contributed by atoms with Gasteiger partial charge in [-0.05, 0) is 61.4 Å². The maximum atomic E-state index is 9.16. The van der Waals surface area contributed by atoms with Crippen LogP contribution >= 0.6 is 0 Å². The van der Waals surface area contributed by atoms with Crippen molar-refractivity contribution in [3.8, 4) is 6.07 Å². The maximum Gasteiger partial charge on any atom is 0.106 e. The Morgan fingerprint density at radius 3 is 2.38 bits per heavy atom. The van der Waals surface area contributed by atoms with E-state index < -0.39 is 0 Å². The lowest BCUT2D eigenvalue weighted by atomic mass is 9.91. The number of nitriles is 1. The van der Waals surface area contributed by atoms with Crippen molar-refractivity contribution in [2.75, 3.05) is 0 Å². The molecule has 2 heterocycles. The molecule has 5 rings (SSSR count). The van der Waals surface area contributed by atoms with Gasteiger partial charge in [0.15, 0.2) is 0 Å². The summed E-state index contributed by atoms with van der Waals surface area (Å²) in [5.74, 6) is 1.04. The molecule has 0 saturated heterocycles. The highest BCUT2D eigenvalue weighted by Gasteiger charge is 2.31. The highest BCUT2D eigenvalue weighted by molar-refractivity contribution is 5.34. The van der Waals surface area contributed by atoms with E-state index in [2.05, 4.69) is 95.7 Å². The predicted octanol–water partition coefficient (Wildman–Crippen LogP) is 6.45. The van der Waals surface area contributed by atoms with Gasteiger partial charge in [-0.1, -0.05) is 72.8 Å². The molecule has 4 heteroatoms. The molecule has 0 aliphatic carbocycles. The van der Waals surface area contributed by atoms with Gasteiger partial charge >= 0.3 is 0 Å². The second kappa shape index (κ2) is 10.1. The monoisotopic (exact) mass is 446 g/mol. The quantitative estimate of drug-likeness (QED) is 0.355. The number of nitrogens with zero attached hydrogens (tertiary/aromatic N) is 3. The molecule has 1 N–H and O–H groups in total. The van der Waals surface area contributed by atoms with Gasteiger partial charge in [0.2, 0.25) is 0 Å². The van der Waals surface area contributed by atoms with Crippen LogP contribution in [0.15, 0.2) is 91.1 Å². The van der Waals surface area contributed by atoms with Crippen molar-refractivity contribution in [3.63, 3.8) is 0 Å². The third kappa shape index (κ3) is 4.66. The van der Waals surface area contributed by atoms with Crippen LogP contribution in [-0.4, -0.2) is 9.55 Å². The predicted molar refractivity (Wildman–Crippen MR) is 135 cm³/mol. The summed E-state index contributed by atoms with van der Waals surface area (Å²) in [5, 5.41) is 13.2. The first-order valence-corrected chi connectivity index (χ1v) is 12.1. The van der Waals surface area contributed by atoms with E-state index in [0.717, 1.165) is 31.5 Å². The number of benzene rings is 3. The van der Waals surface area contributed by atoms with Crippen LogP contribution in [0.1, 0.15) is 71.2 Å². The van der Waals surface area contributed by atoms with Crippen molar-refractivity contribution in [1.29, 1.82) is 5.26 Å². The van der Waals surface area contributed by atoms with Crippen LogP contribution in [0.5, 0.6) is 0 Å². The molecule has 0 spiro atoms. The summed E-state index contributed by atoms with van der Waals surface area (Å²) >= 11 is 0. The van der Waals surface area contributed by atoms with Gasteiger partial charge in [-0.15, -0.1) is 0 Å². The van der Waals surface area contributed by atoms with Crippen molar-refractivity contribution in [2.45, 2.75) is 50.7 Å². The molecule has 0 bridgehead atoms. The fraction of sp³-hybridized carbons (Fsp3) is 0.267. The van der Waals surface area contributed by atoms with Gasteiger partial charge in [0, 0.05) is 12.1 Å².